The Balaban J connectivity index is 2.20. The van der Waals surface area contributed by atoms with E-state index in [9.17, 15) is 0 Å². The van der Waals surface area contributed by atoms with E-state index in [-0.39, 0.29) is 0 Å². The number of methoxy groups -OCH3 is 1. The molecule has 0 saturated heterocycles. The van der Waals surface area contributed by atoms with Gasteiger partial charge < -0.3 is 4.74 Å². The Kier molecular flexibility index (Phi) is 3.15. The van der Waals surface area contributed by atoms with E-state index in [1.807, 2.05) is 0 Å². The fourth-order valence-electron chi connectivity index (χ4n) is 1.47. The highest BCUT2D eigenvalue weighted by Crippen LogP contribution is 2.23. The van der Waals surface area contributed by atoms with Crippen LogP contribution < -0.4 is 4.74 Å². The molecule has 0 atom stereocenters. The van der Waals surface area contributed by atoms with Crippen LogP contribution in [0.25, 0.3) is 0 Å². The lowest BCUT2D eigenvalue weighted by Crippen LogP contribution is -2.01. The quantitative estimate of drug-likeness (QED) is 0.820. The van der Waals surface area contributed by atoms with Crippen LogP contribution in [0.15, 0.2) is 30.5 Å². The van der Waals surface area contributed by atoms with Crippen molar-refractivity contribution in [2.45, 2.75) is 13.5 Å². The Labute approximate surface area is 99.6 Å². The first-order chi connectivity index (χ1) is 7.70. The van der Waals surface area contributed by atoms with Crippen LogP contribution in [0.1, 0.15) is 11.1 Å². The van der Waals surface area contributed by atoms with E-state index >= 15 is 0 Å². The van der Waals surface area contributed by atoms with Gasteiger partial charge in [0.05, 0.1) is 19.9 Å². The molecule has 0 aliphatic heterocycles. The molecule has 0 bridgehead atoms. The van der Waals surface area contributed by atoms with Gasteiger partial charge in [-0.05, 0) is 12.5 Å². The van der Waals surface area contributed by atoms with E-state index in [0.29, 0.717) is 17.4 Å². The lowest BCUT2D eigenvalue weighted by atomic mass is 10.1. The minimum absolute atomic E-state index is 0.531. The first-order valence-corrected chi connectivity index (χ1v) is 5.39. The third kappa shape index (κ3) is 2.19. The molecule has 0 radical (unpaired) electrons. The van der Waals surface area contributed by atoms with Gasteiger partial charge in [0.15, 0.2) is 10.9 Å². The third-order valence-electron chi connectivity index (χ3n) is 2.42. The minimum Gasteiger partial charge on any atom is -0.492 e. The van der Waals surface area contributed by atoms with E-state index < -0.39 is 0 Å². The predicted molar refractivity (Wildman–Crippen MR) is 64.1 cm³/mol. The van der Waals surface area contributed by atoms with Crippen LogP contribution in [0, 0.1) is 6.92 Å². The zero-order valence-electron chi connectivity index (χ0n) is 9.27. The van der Waals surface area contributed by atoms with E-state index in [1.54, 1.807) is 18.0 Å². The maximum Gasteiger partial charge on any atom is 0.175 e. The van der Waals surface area contributed by atoms with Crippen LogP contribution >= 0.6 is 11.6 Å². The average Bonchev–Trinajstić information content (AvgIpc) is 2.63. The summed E-state index contributed by atoms with van der Waals surface area (Å²) in [4.78, 5) is 0. The summed E-state index contributed by atoms with van der Waals surface area (Å²) in [7, 11) is 1.58. The fraction of sp³-hybridized carbons (Fsp3) is 0.250. The second-order valence-electron chi connectivity index (χ2n) is 3.65. The highest BCUT2D eigenvalue weighted by molar-refractivity contribution is 6.31. The first kappa shape index (κ1) is 11.0. The molecule has 16 heavy (non-hydrogen) atoms. The van der Waals surface area contributed by atoms with E-state index in [1.165, 1.54) is 11.1 Å². The lowest BCUT2D eigenvalue weighted by Gasteiger charge is -2.04. The van der Waals surface area contributed by atoms with Crippen molar-refractivity contribution >= 4 is 11.6 Å². The molecule has 0 spiro atoms. The maximum absolute atomic E-state index is 6.08. The molecule has 0 aliphatic rings. The van der Waals surface area contributed by atoms with E-state index in [2.05, 4.69) is 36.3 Å². The normalized spacial score (nSPS) is 10.4. The molecule has 0 unspecified atom stereocenters. The summed E-state index contributed by atoms with van der Waals surface area (Å²) in [5, 5.41) is 4.69. The van der Waals surface area contributed by atoms with Gasteiger partial charge in [-0.25, -0.2) is 4.68 Å². The molecule has 1 heterocycles. The predicted octanol–water partition coefficient (Wildman–Crippen LogP) is 2.90. The van der Waals surface area contributed by atoms with Crippen molar-refractivity contribution in [3.8, 4) is 5.75 Å². The largest absolute Gasteiger partial charge is 0.492 e. The van der Waals surface area contributed by atoms with Crippen LogP contribution in [0.4, 0.5) is 0 Å². The Morgan fingerprint density at radius 2 is 2.00 bits per heavy atom. The molecule has 2 aromatic rings. The van der Waals surface area contributed by atoms with Crippen molar-refractivity contribution in [2.24, 2.45) is 0 Å². The van der Waals surface area contributed by atoms with Crippen molar-refractivity contribution < 1.29 is 4.74 Å². The lowest BCUT2D eigenvalue weighted by molar-refractivity contribution is 0.414. The second-order valence-corrected chi connectivity index (χ2v) is 4.01. The topological polar surface area (TPSA) is 27.1 Å². The number of ether oxygens (including phenoxy) is 1. The number of aromatic nitrogens is 2. The monoisotopic (exact) mass is 236 g/mol. The molecule has 0 saturated carbocycles. The highest BCUT2D eigenvalue weighted by Gasteiger charge is 2.08. The summed E-state index contributed by atoms with van der Waals surface area (Å²) in [6.45, 7) is 2.72. The van der Waals surface area contributed by atoms with Crippen LogP contribution in [0.3, 0.4) is 0 Å². The summed E-state index contributed by atoms with van der Waals surface area (Å²) >= 11 is 6.08. The molecule has 0 amide bonds. The molecular weight excluding hydrogens is 224 g/mol. The second kappa shape index (κ2) is 4.58. The Morgan fingerprint density at radius 1 is 1.31 bits per heavy atom. The van der Waals surface area contributed by atoms with Gasteiger partial charge in [-0.3, -0.25) is 0 Å². The van der Waals surface area contributed by atoms with Crippen LogP contribution in [0.2, 0.25) is 5.15 Å². The van der Waals surface area contributed by atoms with Crippen LogP contribution in [-0.4, -0.2) is 16.9 Å². The van der Waals surface area contributed by atoms with Gasteiger partial charge in [-0.15, -0.1) is 0 Å². The summed E-state index contributed by atoms with van der Waals surface area (Å²) < 4.78 is 6.78. The van der Waals surface area contributed by atoms with Crippen molar-refractivity contribution in [1.82, 2.24) is 9.78 Å². The first-order valence-electron chi connectivity index (χ1n) is 5.01. The van der Waals surface area contributed by atoms with Crippen LogP contribution in [0.5, 0.6) is 5.75 Å². The van der Waals surface area contributed by atoms with E-state index in [4.69, 9.17) is 16.3 Å². The Bertz CT molecular complexity index is 476. The summed E-state index contributed by atoms with van der Waals surface area (Å²) in [5.41, 5.74) is 2.41. The smallest absolute Gasteiger partial charge is 0.175 e. The number of aryl methyl sites for hydroxylation is 1. The standard InChI is InChI=1S/C12H13ClN2O/c1-9-3-5-10(6-4-9)8-15-12(13)11(16-2)7-14-15/h3-7H,8H2,1-2H3. The zero-order valence-corrected chi connectivity index (χ0v) is 10.0. The number of hydrogen-bond acceptors (Lipinski definition) is 2. The number of halogens is 1. The highest BCUT2D eigenvalue weighted by atomic mass is 35.5. The molecule has 0 N–H and O–H groups in total. The van der Waals surface area contributed by atoms with Crippen molar-refractivity contribution in [3.63, 3.8) is 0 Å². The molecule has 4 heteroatoms. The number of hydrogen-bond donors (Lipinski definition) is 0. The van der Waals surface area contributed by atoms with Gasteiger partial charge in [0.1, 0.15) is 0 Å². The summed E-state index contributed by atoms with van der Waals surface area (Å²) in [6.07, 6.45) is 1.62. The molecule has 0 fully saturated rings. The average molecular weight is 237 g/mol. The van der Waals surface area contributed by atoms with Crippen molar-refractivity contribution in [2.75, 3.05) is 7.11 Å². The molecule has 3 nitrogen and oxygen atoms in total. The molecule has 1 aromatic heterocycles. The maximum atomic E-state index is 6.08. The number of benzene rings is 1. The summed E-state index contributed by atoms with van der Waals surface area (Å²) in [6, 6.07) is 8.29. The molecule has 2 rings (SSSR count). The minimum atomic E-state index is 0.531. The number of nitrogens with zero attached hydrogens (tertiary/aromatic N) is 2. The van der Waals surface area contributed by atoms with Crippen molar-refractivity contribution in [1.29, 1.82) is 0 Å². The van der Waals surface area contributed by atoms with Gasteiger partial charge in [-0.1, -0.05) is 41.4 Å². The van der Waals surface area contributed by atoms with Gasteiger partial charge in [0.2, 0.25) is 0 Å². The zero-order chi connectivity index (χ0) is 11.5. The van der Waals surface area contributed by atoms with Gasteiger partial charge in [0, 0.05) is 0 Å². The van der Waals surface area contributed by atoms with Crippen molar-refractivity contribution in [3.05, 3.63) is 46.7 Å². The molecule has 0 aliphatic carbocycles. The molecular formula is C12H13ClN2O. The summed E-state index contributed by atoms with van der Waals surface area (Å²) in [5.74, 6) is 0.605. The van der Waals surface area contributed by atoms with E-state index in [0.717, 1.165) is 0 Å². The van der Waals surface area contributed by atoms with Gasteiger partial charge >= 0.3 is 0 Å². The third-order valence-corrected chi connectivity index (χ3v) is 2.80. The van der Waals surface area contributed by atoms with Gasteiger partial charge in [0.25, 0.3) is 0 Å². The van der Waals surface area contributed by atoms with Crippen LogP contribution in [-0.2, 0) is 6.54 Å². The molecule has 84 valence electrons. The SMILES string of the molecule is COc1cnn(Cc2ccc(C)cc2)c1Cl. The fourth-order valence-corrected chi connectivity index (χ4v) is 1.70. The Hall–Kier alpha value is -1.48. The molecule has 1 aromatic carbocycles. The van der Waals surface area contributed by atoms with Gasteiger partial charge in [-0.2, -0.15) is 5.10 Å². The Morgan fingerprint density at radius 3 is 2.56 bits per heavy atom. The number of rotatable bonds is 3.